The third-order valence-corrected chi connectivity index (χ3v) is 4.87. The van der Waals surface area contributed by atoms with E-state index in [9.17, 15) is 18.0 Å². The van der Waals surface area contributed by atoms with Crippen molar-refractivity contribution in [3.05, 3.63) is 101 Å². The highest BCUT2D eigenvalue weighted by molar-refractivity contribution is 5.94. The Labute approximate surface area is 185 Å². The molecule has 0 atom stereocenters. The second-order valence-electron chi connectivity index (χ2n) is 7.40. The van der Waals surface area contributed by atoms with Crippen LogP contribution < -0.4 is 9.64 Å². The number of rotatable bonds is 7. The summed E-state index contributed by atoms with van der Waals surface area (Å²) < 4.78 is 44.4. The molecule has 0 saturated carbocycles. The molecule has 0 saturated heterocycles. The number of hydrogen-bond donors (Lipinski definition) is 0. The zero-order chi connectivity index (χ0) is 23.1. The molecule has 6 heteroatoms. The van der Waals surface area contributed by atoms with Gasteiger partial charge in [-0.1, -0.05) is 48.6 Å². The van der Waals surface area contributed by atoms with E-state index < -0.39 is 11.7 Å². The number of carbonyl (C=O) groups excluding carboxylic acids is 1. The molecule has 3 nitrogen and oxygen atoms in total. The van der Waals surface area contributed by atoms with E-state index in [-0.39, 0.29) is 12.3 Å². The van der Waals surface area contributed by atoms with Crippen LogP contribution in [0.4, 0.5) is 18.9 Å². The fraction of sp³-hybridized carbons (Fsp3) is 0.192. The first-order chi connectivity index (χ1) is 15.3. The van der Waals surface area contributed by atoms with Crippen molar-refractivity contribution >= 4 is 17.7 Å². The minimum atomic E-state index is -4.41. The van der Waals surface area contributed by atoms with Gasteiger partial charge in [-0.05, 0) is 60.0 Å². The van der Waals surface area contributed by atoms with Gasteiger partial charge < -0.3 is 9.64 Å². The zero-order valence-corrected chi connectivity index (χ0v) is 17.9. The van der Waals surface area contributed by atoms with E-state index in [2.05, 4.69) is 0 Å². The highest BCUT2D eigenvalue weighted by Gasteiger charge is 2.30. The Morgan fingerprint density at radius 1 is 1.00 bits per heavy atom. The Morgan fingerprint density at radius 3 is 2.44 bits per heavy atom. The van der Waals surface area contributed by atoms with E-state index in [0.29, 0.717) is 23.4 Å². The van der Waals surface area contributed by atoms with Gasteiger partial charge in [-0.15, -0.1) is 0 Å². The molecule has 0 radical (unpaired) electrons. The predicted octanol–water partition coefficient (Wildman–Crippen LogP) is 6.66. The molecule has 0 aliphatic heterocycles. The molecule has 3 rings (SSSR count). The Hall–Kier alpha value is -3.54. The Kier molecular flexibility index (Phi) is 7.36. The van der Waals surface area contributed by atoms with Crippen LogP contribution >= 0.6 is 0 Å². The largest absolute Gasteiger partial charge is 0.497 e. The highest BCUT2D eigenvalue weighted by atomic mass is 19.4. The van der Waals surface area contributed by atoms with Crippen LogP contribution in [0.1, 0.15) is 28.7 Å². The van der Waals surface area contributed by atoms with Gasteiger partial charge in [0.25, 0.3) is 0 Å². The maximum Gasteiger partial charge on any atom is 0.416 e. The lowest BCUT2D eigenvalue weighted by molar-refractivity contribution is -0.137. The fourth-order valence-electron chi connectivity index (χ4n) is 3.36. The first kappa shape index (κ1) is 23.1. The van der Waals surface area contributed by atoms with Crippen molar-refractivity contribution in [1.82, 2.24) is 0 Å². The molecule has 3 aromatic carbocycles. The van der Waals surface area contributed by atoms with Crippen LogP contribution in [0, 0.1) is 6.92 Å². The van der Waals surface area contributed by atoms with E-state index in [0.717, 1.165) is 23.4 Å². The van der Waals surface area contributed by atoms with Crippen molar-refractivity contribution in [2.75, 3.05) is 12.0 Å². The fourth-order valence-corrected chi connectivity index (χ4v) is 3.36. The molecule has 0 aliphatic carbocycles. The van der Waals surface area contributed by atoms with E-state index in [1.807, 2.05) is 54.6 Å². The molecule has 0 heterocycles. The number of nitrogens with zero attached hydrogens (tertiary/aromatic N) is 1. The Balaban J connectivity index is 1.79. The van der Waals surface area contributed by atoms with Crippen LogP contribution in [0.25, 0.3) is 6.08 Å². The van der Waals surface area contributed by atoms with E-state index in [1.54, 1.807) is 37.2 Å². The van der Waals surface area contributed by atoms with Crippen LogP contribution in [-0.4, -0.2) is 13.0 Å². The zero-order valence-electron chi connectivity index (χ0n) is 17.9. The average molecular weight is 439 g/mol. The first-order valence-corrected chi connectivity index (χ1v) is 10.1. The maximum absolute atomic E-state index is 13.1. The van der Waals surface area contributed by atoms with Crippen molar-refractivity contribution in [3.8, 4) is 5.75 Å². The molecular formula is C26H24F3NO2. The molecule has 166 valence electrons. The minimum Gasteiger partial charge on any atom is -0.497 e. The monoisotopic (exact) mass is 439 g/mol. The number of para-hydroxylation sites is 1. The van der Waals surface area contributed by atoms with Gasteiger partial charge in [-0.2, -0.15) is 13.2 Å². The van der Waals surface area contributed by atoms with Crippen LogP contribution in [0.15, 0.2) is 78.9 Å². The van der Waals surface area contributed by atoms with Crippen LogP contribution in [-0.2, 0) is 17.5 Å². The molecule has 32 heavy (non-hydrogen) atoms. The summed E-state index contributed by atoms with van der Waals surface area (Å²) >= 11 is 0. The van der Waals surface area contributed by atoms with Gasteiger partial charge in [-0.25, -0.2) is 0 Å². The van der Waals surface area contributed by atoms with Crippen molar-refractivity contribution in [1.29, 1.82) is 0 Å². The molecule has 0 fully saturated rings. The molecule has 0 aliphatic rings. The summed E-state index contributed by atoms with van der Waals surface area (Å²) in [4.78, 5) is 14.7. The van der Waals surface area contributed by atoms with Crippen LogP contribution in [0.3, 0.4) is 0 Å². The average Bonchev–Trinajstić information content (AvgIpc) is 2.77. The van der Waals surface area contributed by atoms with Crippen LogP contribution in [0.5, 0.6) is 5.75 Å². The minimum absolute atomic E-state index is 0.0498. The third-order valence-electron chi connectivity index (χ3n) is 4.87. The Bertz CT molecular complexity index is 1090. The summed E-state index contributed by atoms with van der Waals surface area (Å²) in [5.74, 6) is 0.529. The number of carbonyl (C=O) groups is 1. The molecular weight excluding hydrogens is 415 g/mol. The normalized spacial score (nSPS) is 11.5. The number of ether oxygens (including phenoxy) is 1. The summed E-state index contributed by atoms with van der Waals surface area (Å²) in [6.45, 7) is 1.96. The second kappa shape index (κ2) is 10.2. The van der Waals surface area contributed by atoms with Crippen molar-refractivity contribution in [2.24, 2.45) is 0 Å². The van der Waals surface area contributed by atoms with Crippen molar-refractivity contribution in [2.45, 2.75) is 26.1 Å². The molecule has 3 aromatic rings. The lowest BCUT2D eigenvalue weighted by Gasteiger charge is -2.23. The summed E-state index contributed by atoms with van der Waals surface area (Å²) in [7, 11) is 1.58. The lowest BCUT2D eigenvalue weighted by Crippen LogP contribution is -2.29. The number of methoxy groups -OCH3 is 1. The number of halogens is 3. The summed E-state index contributed by atoms with van der Waals surface area (Å²) in [5, 5.41) is 0. The second-order valence-corrected chi connectivity index (χ2v) is 7.40. The summed E-state index contributed by atoms with van der Waals surface area (Å²) in [6, 6.07) is 20.6. The molecule has 0 N–H and O–H groups in total. The number of amides is 1. The predicted molar refractivity (Wildman–Crippen MR) is 120 cm³/mol. The van der Waals surface area contributed by atoms with Gasteiger partial charge in [0, 0.05) is 12.1 Å². The molecule has 0 unspecified atom stereocenters. The number of alkyl halides is 3. The lowest BCUT2D eigenvalue weighted by atomic mass is 10.1. The molecule has 1 amide bonds. The van der Waals surface area contributed by atoms with Gasteiger partial charge in [0.15, 0.2) is 0 Å². The maximum atomic E-state index is 13.1. The molecule has 0 spiro atoms. The Morgan fingerprint density at radius 2 is 1.75 bits per heavy atom. The van der Waals surface area contributed by atoms with Gasteiger partial charge in [0.05, 0.1) is 19.2 Å². The SMILES string of the molecule is COc1cccc(CN(C(=O)C/C=C/c2cc(C)cc(C(F)(F)F)c2)c2ccccc2)c1. The molecule has 0 bridgehead atoms. The van der Waals surface area contributed by atoms with Crippen LogP contribution in [0.2, 0.25) is 0 Å². The van der Waals surface area contributed by atoms with Gasteiger partial charge in [0.2, 0.25) is 5.91 Å². The number of benzene rings is 3. The highest BCUT2D eigenvalue weighted by Crippen LogP contribution is 2.31. The first-order valence-electron chi connectivity index (χ1n) is 10.1. The topological polar surface area (TPSA) is 29.5 Å². The standard InChI is InChI=1S/C26H24F3NO2/c1-19-14-20(16-22(15-19)26(27,28)29)8-7-13-25(31)30(23-10-4-3-5-11-23)18-21-9-6-12-24(17-21)32-2/h3-12,14-17H,13,18H2,1-2H3/b8-7+. The van der Waals surface area contributed by atoms with E-state index >= 15 is 0 Å². The molecule has 0 aromatic heterocycles. The van der Waals surface area contributed by atoms with E-state index in [1.165, 1.54) is 0 Å². The van der Waals surface area contributed by atoms with Crippen molar-refractivity contribution < 1.29 is 22.7 Å². The van der Waals surface area contributed by atoms with Gasteiger partial charge in [0.1, 0.15) is 5.75 Å². The smallest absolute Gasteiger partial charge is 0.416 e. The summed E-state index contributed by atoms with van der Waals surface area (Å²) in [5.41, 5.74) is 1.86. The van der Waals surface area contributed by atoms with Gasteiger partial charge in [-0.3, -0.25) is 4.79 Å². The summed E-state index contributed by atoms with van der Waals surface area (Å²) in [6.07, 6.45) is -1.22. The quantitative estimate of drug-likeness (QED) is 0.412. The van der Waals surface area contributed by atoms with Crippen molar-refractivity contribution in [3.63, 3.8) is 0 Å². The van der Waals surface area contributed by atoms with E-state index in [4.69, 9.17) is 4.74 Å². The number of aryl methyl sites for hydroxylation is 1. The number of hydrogen-bond acceptors (Lipinski definition) is 2. The van der Waals surface area contributed by atoms with Gasteiger partial charge >= 0.3 is 6.18 Å². The third kappa shape index (κ3) is 6.23. The number of anilines is 1.